The minimum Gasteiger partial charge on any atom is -0.348 e. The second kappa shape index (κ2) is 7.40. The molecule has 0 spiro atoms. The summed E-state index contributed by atoms with van der Waals surface area (Å²) in [5.74, 6) is 0.000908. The first-order valence-electron chi connectivity index (χ1n) is 7.89. The highest BCUT2D eigenvalue weighted by Gasteiger charge is 2.21. The molecule has 1 aliphatic rings. The van der Waals surface area contributed by atoms with Crippen molar-refractivity contribution >= 4 is 34.9 Å². The van der Waals surface area contributed by atoms with Crippen LogP contribution in [0.15, 0.2) is 35.7 Å². The van der Waals surface area contributed by atoms with E-state index in [9.17, 15) is 9.59 Å². The Labute approximate surface area is 145 Å². The number of aryl methyl sites for hydroxylation is 1. The van der Waals surface area contributed by atoms with Crippen LogP contribution in [0.2, 0.25) is 0 Å². The zero-order chi connectivity index (χ0) is 16.9. The van der Waals surface area contributed by atoms with E-state index in [2.05, 4.69) is 10.3 Å². The zero-order valence-corrected chi connectivity index (χ0v) is 14.3. The van der Waals surface area contributed by atoms with Crippen LogP contribution in [-0.4, -0.2) is 23.3 Å². The maximum atomic E-state index is 11.9. The molecule has 2 heterocycles. The molecule has 0 radical (unpaired) electrons. The van der Waals surface area contributed by atoms with Gasteiger partial charge in [0.2, 0.25) is 11.8 Å². The van der Waals surface area contributed by atoms with Gasteiger partial charge in [-0.3, -0.25) is 9.59 Å². The van der Waals surface area contributed by atoms with E-state index in [1.54, 1.807) is 22.3 Å². The van der Waals surface area contributed by atoms with Crippen LogP contribution >= 0.6 is 11.3 Å². The van der Waals surface area contributed by atoms with Gasteiger partial charge >= 0.3 is 0 Å². The first-order chi connectivity index (χ1) is 11.6. The molecule has 2 aromatic rings. The fourth-order valence-electron chi connectivity index (χ4n) is 2.62. The highest BCUT2D eigenvalue weighted by molar-refractivity contribution is 7.09. The van der Waals surface area contributed by atoms with Crippen LogP contribution in [-0.2, 0) is 16.1 Å². The minimum absolute atomic E-state index is 0.164. The molecule has 1 aromatic carbocycles. The summed E-state index contributed by atoms with van der Waals surface area (Å²) in [5, 5.41) is 5.74. The number of hydrogen-bond acceptors (Lipinski definition) is 4. The summed E-state index contributed by atoms with van der Waals surface area (Å²) in [7, 11) is 0. The quantitative estimate of drug-likeness (QED) is 0.851. The van der Waals surface area contributed by atoms with E-state index in [0.717, 1.165) is 34.9 Å². The average Bonchev–Trinajstić information content (AvgIpc) is 3.19. The minimum atomic E-state index is -0.164. The highest BCUT2D eigenvalue weighted by Crippen LogP contribution is 2.22. The topological polar surface area (TPSA) is 62.3 Å². The molecule has 1 aliphatic heterocycles. The molecular formula is C18H19N3O2S. The molecule has 1 N–H and O–H groups in total. The van der Waals surface area contributed by atoms with E-state index in [-0.39, 0.29) is 11.8 Å². The van der Waals surface area contributed by atoms with Crippen molar-refractivity contribution in [2.24, 2.45) is 0 Å². The first-order valence-corrected chi connectivity index (χ1v) is 8.77. The maximum absolute atomic E-state index is 11.9. The van der Waals surface area contributed by atoms with Crippen molar-refractivity contribution < 1.29 is 9.59 Å². The molecule has 124 valence electrons. The number of thiazole rings is 1. The van der Waals surface area contributed by atoms with Crippen LogP contribution in [0, 0.1) is 6.92 Å². The lowest BCUT2D eigenvalue weighted by atomic mass is 10.2. The fourth-order valence-corrected chi connectivity index (χ4v) is 3.20. The Balaban J connectivity index is 1.57. The Hall–Kier alpha value is -2.47. The number of nitrogens with one attached hydrogen (secondary N) is 1. The van der Waals surface area contributed by atoms with Crippen molar-refractivity contribution in [2.75, 3.05) is 11.4 Å². The second-order valence-electron chi connectivity index (χ2n) is 5.66. The molecule has 2 amide bonds. The van der Waals surface area contributed by atoms with Crippen LogP contribution in [0.25, 0.3) is 6.08 Å². The van der Waals surface area contributed by atoms with E-state index in [0.29, 0.717) is 13.0 Å². The van der Waals surface area contributed by atoms with Gasteiger partial charge in [0.1, 0.15) is 0 Å². The van der Waals surface area contributed by atoms with Crippen molar-refractivity contribution in [1.29, 1.82) is 0 Å². The number of hydrogen-bond donors (Lipinski definition) is 1. The number of anilines is 1. The van der Waals surface area contributed by atoms with Crippen LogP contribution in [0.1, 0.15) is 29.1 Å². The van der Waals surface area contributed by atoms with Gasteiger partial charge < -0.3 is 10.2 Å². The lowest BCUT2D eigenvalue weighted by molar-refractivity contribution is -0.117. The van der Waals surface area contributed by atoms with Crippen molar-refractivity contribution in [3.8, 4) is 0 Å². The zero-order valence-electron chi connectivity index (χ0n) is 13.5. The first kappa shape index (κ1) is 16.4. The van der Waals surface area contributed by atoms with Crippen LogP contribution < -0.4 is 10.2 Å². The molecule has 0 aliphatic carbocycles. The third-order valence-corrected chi connectivity index (χ3v) is 4.60. The van der Waals surface area contributed by atoms with E-state index in [1.807, 2.05) is 36.6 Å². The van der Waals surface area contributed by atoms with Gasteiger partial charge in [0.05, 0.1) is 10.7 Å². The molecule has 1 saturated heterocycles. The molecule has 0 atom stereocenters. The van der Waals surface area contributed by atoms with Crippen molar-refractivity contribution in [2.45, 2.75) is 26.3 Å². The van der Waals surface area contributed by atoms with E-state index in [4.69, 9.17) is 0 Å². The number of amides is 2. The van der Waals surface area contributed by atoms with Crippen LogP contribution in [0.5, 0.6) is 0 Å². The van der Waals surface area contributed by atoms with Crippen molar-refractivity contribution in [3.63, 3.8) is 0 Å². The summed E-state index contributed by atoms with van der Waals surface area (Å²) in [6.45, 7) is 3.12. The number of carbonyl (C=O) groups excluding carboxylic acids is 2. The number of nitrogens with zero attached hydrogens (tertiary/aromatic N) is 2. The van der Waals surface area contributed by atoms with Crippen LogP contribution in [0.3, 0.4) is 0 Å². The Morgan fingerprint density at radius 2 is 2.33 bits per heavy atom. The third-order valence-electron chi connectivity index (χ3n) is 3.80. The lowest BCUT2D eigenvalue weighted by Crippen LogP contribution is -2.24. The van der Waals surface area contributed by atoms with E-state index in [1.165, 1.54) is 6.08 Å². The van der Waals surface area contributed by atoms with Gasteiger partial charge in [-0.1, -0.05) is 12.1 Å². The molecule has 1 aromatic heterocycles. The number of benzene rings is 1. The molecule has 0 unspecified atom stereocenters. The largest absolute Gasteiger partial charge is 0.348 e. The average molecular weight is 341 g/mol. The highest BCUT2D eigenvalue weighted by atomic mass is 32.1. The summed E-state index contributed by atoms with van der Waals surface area (Å²) in [4.78, 5) is 29.8. The number of rotatable bonds is 5. The summed E-state index contributed by atoms with van der Waals surface area (Å²) in [6.07, 6.45) is 4.71. The van der Waals surface area contributed by atoms with Gasteiger partial charge in [0.15, 0.2) is 0 Å². The van der Waals surface area contributed by atoms with Gasteiger partial charge in [-0.2, -0.15) is 0 Å². The van der Waals surface area contributed by atoms with E-state index < -0.39 is 0 Å². The summed E-state index contributed by atoms with van der Waals surface area (Å²) >= 11 is 1.55. The Bertz CT molecular complexity index is 782. The lowest BCUT2D eigenvalue weighted by Gasteiger charge is -2.16. The van der Waals surface area contributed by atoms with E-state index >= 15 is 0 Å². The smallest absolute Gasteiger partial charge is 0.244 e. The Morgan fingerprint density at radius 1 is 1.46 bits per heavy atom. The summed E-state index contributed by atoms with van der Waals surface area (Å²) < 4.78 is 0. The second-order valence-corrected chi connectivity index (χ2v) is 6.72. The molecule has 0 saturated carbocycles. The predicted octanol–water partition coefficient (Wildman–Crippen LogP) is 2.91. The van der Waals surface area contributed by atoms with Gasteiger partial charge in [-0.05, 0) is 37.1 Å². The Morgan fingerprint density at radius 3 is 3.04 bits per heavy atom. The van der Waals surface area contributed by atoms with Crippen LogP contribution in [0.4, 0.5) is 5.69 Å². The molecule has 24 heavy (non-hydrogen) atoms. The van der Waals surface area contributed by atoms with Gasteiger partial charge in [0, 0.05) is 36.7 Å². The number of carbonyl (C=O) groups is 2. The summed E-state index contributed by atoms with van der Waals surface area (Å²) in [5.41, 5.74) is 2.67. The van der Waals surface area contributed by atoms with Crippen molar-refractivity contribution in [3.05, 3.63) is 52.0 Å². The summed E-state index contributed by atoms with van der Waals surface area (Å²) in [6, 6.07) is 7.74. The van der Waals surface area contributed by atoms with Gasteiger partial charge in [-0.25, -0.2) is 4.98 Å². The third kappa shape index (κ3) is 4.08. The van der Waals surface area contributed by atoms with Gasteiger partial charge in [-0.15, -0.1) is 11.3 Å². The molecule has 0 bridgehead atoms. The fraction of sp³-hybridized carbons (Fsp3) is 0.278. The molecule has 3 rings (SSSR count). The molecule has 1 fully saturated rings. The maximum Gasteiger partial charge on any atom is 0.244 e. The SMILES string of the molecule is Cc1nc(C=CC(=O)NCc2cccc(N3CCCC3=O)c2)cs1. The molecule has 5 nitrogen and oxygen atoms in total. The standard InChI is InChI=1S/C18H19N3O2S/c1-13-20-15(12-24-13)7-8-17(22)19-11-14-4-2-5-16(10-14)21-9-3-6-18(21)23/h2,4-5,7-8,10,12H,3,6,9,11H2,1H3,(H,19,22). The molecule has 6 heteroatoms. The Kier molecular flexibility index (Phi) is 5.05. The normalized spacial score (nSPS) is 14.5. The predicted molar refractivity (Wildman–Crippen MR) is 95.8 cm³/mol. The molecular weight excluding hydrogens is 322 g/mol. The number of aromatic nitrogens is 1. The monoisotopic (exact) mass is 341 g/mol. The van der Waals surface area contributed by atoms with Crippen molar-refractivity contribution in [1.82, 2.24) is 10.3 Å². The van der Waals surface area contributed by atoms with Gasteiger partial charge in [0.25, 0.3) is 0 Å².